The van der Waals surface area contributed by atoms with E-state index >= 15 is 0 Å². The van der Waals surface area contributed by atoms with Crippen LogP contribution in [-0.2, 0) is 9.59 Å². The lowest BCUT2D eigenvalue weighted by Gasteiger charge is -2.00. The number of hydrogen-bond acceptors (Lipinski definition) is 3. The van der Waals surface area contributed by atoms with E-state index in [1.54, 1.807) is 0 Å². The summed E-state index contributed by atoms with van der Waals surface area (Å²) in [5, 5.41) is 10.9. The van der Waals surface area contributed by atoms with Crippen molar-refractivity contribution < 1.29 is 14.7 Å². The number of nitrogens with one attached hydrogen (secondary N) is 1. The number of carbonyl (C=O) groups is 2. The maximum atomic E-state index is 10.4. The van der Waals surface area contributed by atoms with Gasteiger partial charge in [0.15, 0.2) is 0 Å². The van der Waals surface area contributed by atoms with Crippen molar-refractivity contribution in [2.45, 2.75) is 13.3 Å². The van der Waals surface area contributed by atoms with Crippen molar-refractivity contribution in [3.63, 3.8) is 0 Å². The Morgan fingerprint density at radius 2 is 2.08 bits per heavy atom. The van der Waals surface area contributed by atoms with Gasteiger partial charge in [-0.05, 0) is 0 Å². The fourth-order valence-corrected chi connectivity index (χ4v) is 1.33. The third kappa shape index (κ3) is 9.29. The summed E-state index contributed by atoms with van der Waals surface area (Å²) in [5.41, 5.74) is 0. The van der Waals surface area contributed by atoms with Gasteiger partial charge in [0.2, 0.25) is 5.91 Å². The van der Waals surface area contributed by atoms with Gasteiger partial charge in [0.05, 0.1) is 6.42 Å². The number of amides is 1. The quantitative estimate of drug-likeness (QED) is 0.594. The molecule has 2 N–H and O–H groups in total. The second-order valence-electron chi connectivity index (χ2n) is 2.24. The van der Waals surface area contributed by atoms with Gasteiger partial charge in [-0.1, -0.05) is 0 Å². The van der Waals surface area contributed by atoms with Crippen LogP contribution in [0.3, 0.4) is 0 Å². The average molecular weight is 191 g/mol. The molecule has 1 amide bonds. The number of carbonyl (C=O) groups excluding carboxylic acids is 1. The number of hydrogen-bond donors (Lipinski definition) is 2. The summed E-state index contributed by atoms with van der Waals surface area (Å²) in [6, 6.07) is 0. The number of carboxylic acid groups (broad SMARTS) is 1. The van der Waals surface area contributed by atoms with E-state index in [2.05, 4.69) is 5.32 Å². The molecule has 0 atom stereocenters. The zero-order chi connectivity index (χ0) is 9.40. The molecule has 0 spiro atoms. The minimum Gasteiger partial charge on any atom is -0.481 e. The highest BCUT2D eigenvalue weighted by Crippen LogP contribution is 2.00. The monoisotopic (exact) mass is 191 g/mol. The Labute approximate surface area is 75.7 Å². The normalized spacial score (nSPS) is 9.42. The molecule has 70 valence electrons. The topological polar surface area (TPSA) is 66.4 Å². The Morgan fingerprint density at radius 1 is 1.42 bits per heavy atom. The largest absolute Gasteiger partial charge is 0.481 e. The SMILES string of the molecule is CC(=O)NCCSCCC(=O)O. The van der Waals surface area contributed by atoms with Crippen molar-refractivity contribution in [1.29, 1.82) is 0 Å². The summed E-state index contributed by atoms with van der Waals surface area (Å²) in [6.45, 7) is 2.07. The van der Waals surface area contributed by atoms with Crippen LogP contribution in [0.2, 0.25) is 0 Å². The maximum Gasteiger partial charge on any atom is 0.304 e. The molecule has 4 nitrogen and oxygen atoms in total. The first-order chi connectivity index (χ1) is 5.63. The molecule has 0 aliphatic rings. The molecule has 0 saturated heterocycles. The van der Waals surface area contributed by atoms with Gasteiger partial charge in [-0.3, -0.25) is 9.59 Å². The summed E-state index contributed by atoms with van der Waals surface area (Å²) in [7, 11) is 0. The molecule has 0 unspecified atom stereocenters. The van der Waals surface area contributed by atoms with E-state index < -0.39 is 5.97 Å². The van der Waals surface area contributed by atoms with Gasteiger partial charge in [-0.15, -0.1) is 0 Å². The van der Waals surface area contributed by atoms with Gasteiger partial charge in [-0.25, -0.2) is 0 Å². The van der Waals surface area contributed by atoms with E-state index in [1.807, 2.05) is 0 Å². The average Bonchev–Trinajstić information content (AvgIpc) is 1.95. The first-order valence-electron chi connectivity index (χ1n) is 3.67. The van der Waals surface area contributed by atoms with Crippen LogP contribution in [0.5, 0.6) is 0 Å². The van der Waals surface area contributed by atoms with Gasteiger partial charge in [0, 0.05) is 25.0 Å². The molecule has 12 heavy (non-hydrogen) atoms. The van der Waals surface area contributed by atoms with Crippen LogP contribution in [0, 0.1) is 0 Å². The van der Waals surface area contributed by atoms with Crippen LogP contribution >= 0.6 is 11.8 Å². The van der Waals surface area contributed by atoms with Crippen LogP contribution in [0.15, 0.2) is 0 Å². The second kappa shape index (κ2) is 6.97. The summed E-state index contributed by atoms with van der Waals surface area (Å²) in [6.07, 6.45) is 0.185. The van der Waals surface area contributed by atoms with Crippen molar-refractivity contribution >= 4 is 23.6 Å². The maximum absolute atomic E-state index is 10.4. The molecule has 0 aromatic heterocycles. The zero-order valence-electron chi connectivity index (χ0n) is 7.00. The van der Waals surface area contributed by atoms with Crippen LogP contribution < -0.4 is 5.32 Å². The molecule has 0 aromatic rings. The Bertz CT molecular complexity index is 143. The molecule has 0 aliphatic heterocycles. The van der Waals surface area contributed by atoms with E-state index in [-0.39, 0.29) is 12.3 Å². The predicted octanol–water partition coefficient (Wildman–Crippen LogP) is 0.330. The van der Waals surface area contributed by atoms with Crippen molar-refractivity contribution in [1.82, 2.24) is 5.32 Å². The number of aliphatic carboxylic acids is 1. The molecular formula is C7H13NO3S. The second-order valence-corrected chi connectivity index (χ2v) is 3.46. The Balaban J connectivity index is 3.01. The Kier molecular flexibility index (Phi) is 6.55. The molecular weight excluding hydrogens is 178 g/mol. The van der Waals surface area contributed by atoms with E-state index in [0.29, 0.717) is 12.3 Å². The molecule has 5 heteroatoms. The van der Waals surface area contributed by atoms with Crippen molar-refractivity contribution in [3.8, 4) is 0 Å². The van der Waals surface area contributed by atoms with E-state index in [1.165, 1.54) is 18.7 Å². The van der Waals surface area contributed by atoms with Crippen molar-refractivity contribution in [2.75, 3.05) is 18.1 Å². The van der Waals surface area contributed by atoms with Gasteiger partial charge in [0.1, 0.15) is 0 Å². The lowest BCUT2D eigenvalue weighted by molar-refractivity contribution is -0.136. The Hall–Kier alpha value is -0.710. The van der Waals surface area contributed by atoms with Crippen LogP contribution in [0.4, 0.5) is 0 Å². The molecule has 0 radical (unpaired) electrons. The zero-order valence-corrected chi connectivity index (χ0v) is 7.82. The van der Waals surface area contributed by atoms with Gasteiger partial charge < -0.3 is 10.4 Å². The highest BCUT2D eigenvalue weighted by atomic mass is 32.2. The van der Waals surface area contributed by atoms with Crippen molar-refractivity contribution in [2.24, 2.45) is 0 Å². The molecule has 0 aromatic carbocycles. The first kappa shape index (κ1) is 11.3. The molecule has 0 bridgehead atoms. The third-order valence-electron chi connectivity index (χ3n) is 1.08. The van der Waals surface area contributed by atoms with E-state index in [9.17, 15) is 9.59 Å². The molecule has 0 aliphatic carbocycles. The fourth-order valence-electron chi connectivity index (χ4n) is 0.561. The van der Waals surface area contributed by atoms with Crippen LogP contribution in [0.25, 0.3) is 0 Å². The fraction of sp³-hybridized carbons (Fsp3) is 0.714. The number of thioether (sulfide) groups is 1. The lowest BCUT2D eigenvalue weighted by atomic mass is 10.5. The minimum absolute atomic E-state index is 0.0474. The molecule has 0 rings (SSSR count). The van der Waals surface area contributed by atoms with Crippen molar-refractivity contribution in [3.05, 3.63) is 0 Å². The Morgan fingerprint density at radius 3 is 2.58 bits per heavy atom. The third-order valence-corrected chi connectivity index (χ3v) is 2.07. The number of rotatable bonds is 6. The highest BCUT2D eigenvalue weighted by molar-refractivity contribution is 7.99. The van der Waals surface area contributed by atoms with E-state index in [4.69, 9.17) is 5.11 Å². The standard InChI is InChI=1S/C7H13NO3S/c1-6(9)8-3-5-12-4-2-7(10)11/h2-5H2,1H3,(H,8,9)(H,10,11). The smallest absolute Gasteiger partial charge is 0.304 e. The molecule has 0 fully saturated rings. The highest BCUT2D eigenvalue weighted by Gasteiger charge is 1.96. The minimum atomic E-state index is -0.776. The number of carboxylic acids is 1. The molecule has 0 heterocycles. The summed E-state index contributed by atoms with van der Waals surface area (Å²) in [4.78, 5) is 20.4. The van der Waals surface area contributed by atoms with E-state index in [0.717, 1.165) is 5.75 Å². The predicted molar refractivity (Wildman–Crippen MR) is 48.3 cm³/mol. The van der Waals surface area contributed by atoms with Crippen LogP contribution in [-0.4, -0.2) is 35.0 Å². The first-order valence-corrected chi connectivity index (χ1v) is 4.82. The summed E-state index contributed by atoms with van der Waals surface area (Å²) >= 11 is 1.53. The summed E-state index contributed by atoms with van der Waals surface area (Å²) < 4.78 is 0. The molecule has 0 saturated carbocycles. The van der Waals surface area contributed by atoms with Gasteiger partial charge in [0.25, 0.3) is 0 Å². The van der Waals surface area contributed by atoms with Gasteiger partial charge in [-0.2, -0.15) is 11.8 Å². The lowest BCUT2D eigenvalue weighted by Crippen LogP contribution is -2.22. The van der Waals surface area contributed by atoms with Gasteiger partial charge >= 0.3 is 5.97 Å². The van der Waals surface area contributed by atoms with Crippen LogP contribution in [0.1, 0.15) is 13.3 Å². The summed E-state index contributed by atoms with van der Waals surface area (Å²) in [5.74, 6) is 0.553.